The minimum atomic E-state index is -0.244. The van der Waals surface area contributed by atoms with Crippen LogP contribution in [0.3, 0.4) is 0 Å². The van der Waals surface area contributed by atoms with Crippen molar-refractivity contribution in [2.45, 2.75) is 51.7 Å². The van der Waals surface area contributed by atoms with E-state index in [0.29, 0.717) is 25.3 Å². The van der Waals surface area contributed by atoms with Crippen LogP contribution in [0.4, 0.5) is 0 Å². The van der Waals surface area contributed by atoms with E-state index in [1.165, 1.54) is 0 Å². The van der Waals surface area contributed by atoms with Crippen molar-refractivity contribution in [3.05, 3.63) is 0 Å². The fourth-order valence-electron chi connectivity index (χ4n) is 2.39. The summed E-state index contributed by atoms with van der Waals surface area (Å²) in [7, 11) is 3.44. The molecule has 5 heteroatoms. The normalized spacial score (nSPS) is 16.6. The minimum absolute atomic E-state index is 0.141. The second-order valence-electron chi connectivity index (χ2n) is 6.10. The second-order valence-corrected chi connectivity index (χ2v) is 6.10. The van der Waals surface area contributed by atoms with Gasteiger partial charge < -0.3 is 19.9 Å². The number of methoxy groups -OCH3 is 2. The lowest BCUT2D eigenvalue weighted by atomic mass is 9.97. The van der Waals surface area contributed by atoms with Gasteiger partial charge in [-0.3, -0.25) is 4.90 Å². The first-order valence-corrected chi connectivity index (χ1v) is 7.49. The largest absolute Gasteiger partial charge is 0.394 e. The van der Waals surface area contributed by atoms with Gasteiger partial charge in [-0.25, -0.2) is 0 Å². The van der Waals surface area contributed by atoms with Crippen LogP contribution < -0.4 is 5.32 Å². The van der Waals surface area contributed by atoms with E-state index in [1.54, 1.807) is 14.2 Å². The molecule has 2 unspecified atom stereocenters. The van der Waals surface area contributed by atoms with Crippen LogP contribution in [-0.4, -0.2) is 74.8 Å². The van der Waals surface area contributed by atoms with Crippen LogP contribution in [0.5, 0.6) is 0 Å². The summed E-state index contributed by atoms with van der Waals surface area (Å²) in [6, 6.07) is 0.702. The molecular formula is C15H34N2O3. The predicted octanol–water partition coefficient (Wildman–Crippen LogP) is 1.11. The van der Waals surface area contributed by atoms with Crippen molar-refractivity contribution in [2.75, 3.05) is 47.1 Å². The Balaban J connectivity index is 4.47. The fourth-order valence-corrected chi connectivity index (χ4v) is 2.39. The van der Waals surface area contributed by atoms with Gasteiger partial charge in [-0.2, -0.15) is 0 Å². The molecule has 0 rings (SSSR count). The van der Waals surface area contributed by atoms with Crippen molar-refractivity contribution in [3.63, 3.8) is 0 Å². The Bertz CT molecular complexity index is 239. The van der Waals surface area contributed by atoms with E-state index >= 15 is 0 Å². The summed E-state index contributed by atoms with van der Waals surface area (Å²) in [5, 5.41) is 13.1. The molecule has 0 aliphatic rings. The average Bonchev–Trinajstić information content (AvgIpc) is 2.38. The van der Waals surface area contributed by atoms with Crippen molar-refractivity contribution >= 4 is 0 Å². The van der Waals surface area contributed by atoms with Crippen molar-refractivity contribution in [3.8, 4) is 0 Å². The van der Waals surface area contributed by atoms with E-state index in [0.717, 1.165) is 19.5 Å². The lowest BCUT2D eigenvalue weighted by molar-refractivity contribution is 0.0621. The molecule has 0 heterocycles. The minimum Gasteiger partial charge on any atom is -0.394 e. The maximum absolute atomic E-state index is 9.63. The van der Waals surface area contributed by atoms with Crippen molar-refractivity contribution in [1.82, 2.24) is 10.2 Å². The molecule has 0 radical (unpaired) electrons. The van der Waals surface area contributed by atoms with E-state index in [-0.39, 0.29) is 12.1 Å². The molecular weight excluding hydrogens is 256 g/mol. The molecule has 0 spiro atoms. The summed E-state index contributed by atoms with van der Waals surface area (Å²) in [6.45, 7) is 11.8. The highest BCUT2D eigenvalue weighted by Crippen LogP contribution is 2.13. The van der Waals surface area contributed by atoms with Gasteiger partial charge in [-0.1, -0.05) is 13.8 Å². The van der Waals surface area contributed by atoms with Gasteiger partial charge in [0.2, 0.25) is 0 Å². The number of rotatable bonds is 12. The third-order valence-electron chi connectivity index (χ3n) is 3.55. The quantitative estimate of drug-likeness (QED) is 0.564. The lowest BCUT2D eigenvalue weighted by Crippen LogP contribution is -2.52. The summed E-state index contributed by atoms with van der Waals surface area (Å²) in [6.07, 6.45) is 0.888. The van der Waals surface area contributed by atoms with Crippen LogP contribution in [0.25, 0.3) is 0 Å². The van der Waals surface area contributed by atoms with E-state index in [9.17, 15) is 5.11 Å². The Morgan fingerprint density at radius 3 is 2.25 bits per heavy atom. The molecule has 0 fully saturated rings. The Hall–Kier alpha value is -0.200. The molecule has 122 valence electrons. The van der Waals surface area contributed by atoms with Crippen LogP contribution in [-0.2, 0) is 9.47 Å². The van der Waals surface area contributed by atoms with E-state index in [1.807, 2.05) is 0 Å². The van der Waals surface area contributed by atoms with Crippen molar-refractivity contribution in [1.29, 1.82) is 0 Å². The maximum atomic E-state index is 9.63. The van der Waals surface area contributed by atoms with E-state index < -0.39 is 0 Å². The third-order valence-corrected chi connectivity index (χ3v) is 3.55. The van der Waals surface area contributed by atoms with Crippen LogP contribution in [0.2, 0.25) is 0 Å². The summed E-state index contributed by atoms with van der Waals surface area (Å²) < 4.78 is 10.4. The monoisotopic (exact) mass is 290 g/mol. The number of hydrogen-bond donors (Lipinski definition) is 2. The first kappa shape index (κ1) is 19.8. The Labute approximate surface area is 124 Å². The molecule has 0 aliphatic heterocycles. The molecule has 0 saturated carbocycles. The average molecular weight is 290 g/mol. The summed E-state index contributed by atoms with van der Waals surface area (Å²) >= 11 is 0. The zero-order chi connectivity index (χ0) is 15.6. The van der Waals surface area contributed by atoms with Gasteiger partial charge in [0.15, 0.2) is 0 Å². The Morgan fingerprint density at radius 1 is 1.15 bits per heavy atom. The molecule has 2 N–H and O–H groups in total. The topological polar surface area (TPSA) is 54.0 Å². The molecule has 2 atom stereocenters. The number of nitrogens with zero attached hydrogens (tertiary/aromatic N) is 1. The van der Waals surface area contributed by atoms with Gasteiger partial charge in [0.25, 0.3) is 0 Å². The highest BCUT2D eigenvalue weighted by Gasteiger charge is 2.25. The highest BCUT2D eigenvalue weighted by atomic mass is 16.5. The summed E-state index contributed by atoms with van der Waals surface area (Å²) in [5.74, 6) is 0. The molecule has 0 bridgehead atoms. The van der Waals surface area contributed by atoms with E-state index in [4.69, 9.17) is 9.47 Å². The van der Waals surface area contributed by atoms with E-state index in [2.05, 4.69) is 37.9 Å². The van der Waals surface area contributed by atoms with Crippen molar-refractivity contribution in [2.24, 2.45) is 0 Å². The Morgan fingerprint density at radius 2 is 1.80 bits per heavy atom. The second kappa shape index (κ2) is 10.5. The zero-order valence-corrected chi connectivity index (χ0v) is 14.1. The predicted molar refractivity (Wildman–Crippen MR) is 83.2 cm³/mol. The van der Waals surface area contributed by atoms with Crippen LogP contribution in [0.15, 0.2) is 0 Å². The molecule has 0 saturated heterocycles. The van der Waals surface area contributed by atoms with Crippen molar-refractivity contribution < 1.29 is 14.6 Å². The summed E-state index contributed by atoms with van der Waals surface area (Å²) in [4.78, 5) is 2.35. The number of hydrogen-bond acceptors (Lipinski definition) is 5. The highest BCUT2D eigenvalue weighted by molar-refractivity contribution is 4.85. The molecule has 0 aliphatic carbocycles. The van der Waals surface area contributed by atoms with Crippen LogP contribution in [0, 0.1) is 0 Å². The molecule has 0 amide bonds. The number of nitrogens with one attached hydrogen (secondary N) is 1. The van der Waals surface area contributed by atoms with Crippen LogP contribution in [0.1, 0.15) is 34.1 Å². The number of aliphatic hydroxyl groups is 1. The molecule has 20 heavy (non-hydrogen) atoms. The van der Waals surface area contributed by atoms with Crippen LogP contribution >= 0.6 is 0 Å². The number of ether oxygens (including phenoxy) is 2. The third kappa shape index (κ3) is 8.17. The Kier molecular flexibility index (Phi) is 10.4. The SMILES string of the molecule is COCCN(CCC(C)(CO)NC(C)C)C(C)COC. The van der Waals surface area contributed by atoms with Gasteiger partial charge >= 0.3 is 0 Å². The fraction of sp³-hybridized carbons (Fsp3) is 1.00. The van der Waals surface area contributed by atoms with Gasteiger partial charge in [-0.15, -0.1) is 0 Å². The maximum Gasteiger partial charge on any atom is 0.0615 e. The van der Waals surface area contributed by atoms with Gasteiger partial charge in [0.1, 0.15) is 0 Å². The molecule has 5 nitrogen and oxygen atoms in total. The van der Waals surface area contributed by atoms with Gasteiger partial charge in [0.05, 0.1) is 19.8 Å². The summed E-state index contributed by atoms with van der Waals surface area (Å²) in [5.41, 5.74) is -0.244. The zero-order valence-electron chi connectivity index (χ0n) is 14.1. The first-order chi connectivity index (χ1) is 9.38. The lowest BCUT2D eigenvalue weighted by Gasteiger charge is -2.35. The molecule has 0 aromatic carbocycles. The van der Waals surface area contributed by atoms with Gasteiger partial charge in [0, 0.05) is 44.9 Å². The van der Waals surface area contributed by atoms with Gasteiger partial charge in [-0.05, 0) is 20.3 Å². The first-order valence-electron chi connectivity index (χ1n) is 7.49. The molecule has 0 aromatic rings. The number of aliphatic hydroxyl groups excluding tert-OH is 1. The smallest absolute Gasteiger partial charge is 0.0615 e. The molecule has 0 aromatic heterocycles. The standard InChI is InChI=1S/C15H34N2O3/c1-13(2)16-15(4,12-18)7-8-17(9-10-19-5)14(3)11-20-6/h13-14,16,18H,7-12H2,1-6H3.